The molecule has 0 aromatic carbocycles. The first-order valence-electron chi connectivity index (χ1n) is 7.67. The first kappa shape index (κ1) is 15.7. The van der Waals surface area contributed by atoms with Gasteiger partial charge in [-0.3, -0.25) is 14.6 Å². The molecule has 1 aliphatic heterocycles. The zero-order chi connectivity index (χ0) is 16.2. The van der Waals surface area contributed by atoms with Crippen LogP contribution in [-0.4, -0.2) is 27.7 Å². The van der Waals surface area contributed by atoms with E-state index in [2.05, 4.69) is 10.3 Å². The average molecular weight is 329 g/mol. The first-order valence-corrected chi connectivity index (χ1v) is 8.55. The molecule has 0 spiro atoms. The monoisotopic (exact) mass is 329 g/mol. The maximum absolute atomic E-state index is 12.6. The zero-order valence-electron chi connectivity index (χ0n) is 12.9. The minimum absolute atomic E-state index is 0.0510. The van der Waals surface area contributed by atoms with E-state index in [1.165, 1.54) is 0 Å². The number of amides is 2. The van der Waals surface area contributed by atoms with Crippen LogP contribution in [0.4, 0.5) is 0 Å². The van der Waals surface area contributed by atoms with E-state index in [9.17, 15) is 9.59 Å². The Labute approximate surface area is 139 Å². The summed E-state index contributed by atoms with van der Waals surface area (Å²) >= 11 is 1.60. The smallest absolute Gasteiger partial charge is 0.243 e. The zero-order valence-corrected chi connectivity index (χ0v) is 13.8. The lowest BCUT2D eigenvalue weighted by Gasteiger charge is -2.25. The van der Waals surface area contributed by atoms with Gasteiger partial charge in [0.05, 0.1) is 12.6 Å². The van der Waals surface area contributed by atoms with Gasteiger partial charge in [-0.2, -0.15) is 0 Å². The number of pyridine rings is 1. The second-order valence-corrected chi connectivity index (χ2v) is 6.70. The number of carbonyl (C=O) groups excluding carboxylic acids is 2. The van der Waals surface area contributed by atoms with E-state index in [1.54, 1.807) is 28.6 Å². The van der Waals surface area contributed by atoms with Crippen LogP contribution < -0.4 is 5.32 Å². The van der Waals surface area contributed by atoms with Crippen LogP contribution in [-0.2, 0) is 16.1 Å². The van der Waals surface area contributed by atoms with E-state index in [0.29, 0.717) is 19.4 Å². The number of nitrogens with zero attached hydrogens (tertiary/aromatic N) is 2. The summed E-state index contributed by atoms with van der Waals surface area (Å²) in [5, 5.41) is 4.99. The minimum atomic E-state index is -0.381. The summed E-state index contributed by atoms with van der Waals surface area (Å²) in [5.74, 6) is -0.0353. The molecule has 0 radical (unpaired) electrons. The van der Waals surface area contributed by atoms with Gasteiger partial charge < -0.3 is 10.2 Å². The Hall–Kier alpha value is -2.21. The molecule has 2 aromatic rings. The van der Waals surface area contributed by atoms with Gasteiger partial charge in [0, 0.05) is 23.7 Å². The SMILES string of the molecule is CC(NC(=O)C1CCC(=O)N1Cc1cccs1)c1ccncc1. The molecule has 2 aromatic heterocycles. The molecule has 3 heterocycles. The van der Waals surface area contributed by atoms with Gasteiger partial charge in [0.1, 0.15) is 6.04 Å². The van der Waals surface area contributed by atoms with Crippen molar-refractivity contribution in [3.8, 4) is 0 Å². The Bertz CT molecular complexity index is 672. The molecule has 0 bridgehead atoms. The lowest BCUT2D eigenvalue weighted by atomic mass is 10.1. The molecule has 5 nitrogen and oxygen atoms in total. The van der Waals surface area contributed by atoms with E-state index in [0.717, 1.165) is 10.4 Å². The molecule has 1 saturated heterocycles. The van der Waals surface area contributed by atoms with Gasteiger partial charge in [0.2, 0.25) is 11.8 Å². The van der Waals surface area contributed by atoms with E-state index < -0.39 is 0 Å². The lowest BCUT2D eigenvalue weighted by Crippen LogP contribution is -2.44. The highest BCUT2D eigenvalue weighted by molar-refractivity contribution is 7.09. The molecule has 23 heavy (non-hydrogen) atoms. The van der Waals surface area contributed by atoms with Gasteiger partial charge in [-0.15, -0.1) is 11.3 Å². The van der Waals surface area contributed by atoms with Gasteiger partial charge >= 0.3 is 0 Å². The first-order chi connectivity index (χ1) is 11.1. The molecule has 0 saturated carbocycles. The van der Waals surface area contributed by atoms with Gasteiger partial charge in [0.15, 0.2) is 0 Å². The van der Waals surface area contributed by atoms with Crippen molar-refractivity contribution in [1.29, 1.82) is 0 Å². The highest BCUT2D eigenvalue weighted by Gasteiger charge is 2.36. The molecule has 2 atom stereocenters. The highest BCUT2D eigenvalue weighted by Crippen LogP contribution is 2.24. The molecular formula is C17H19N3O2S. The van der Waals surface area contributed by atoms with Gasteiger partial charge in [0.25, 0.3) is 0 Å². The molecule has 3 rings (SSSR count). The van der Waals surface area contributed by atoms with E-state index in [1.807, 2.05) is 36.6 Å². The normalized spacial score (nSPS) is 18.9. The van der Waals surface area contributed by atoms with Crippen molar-refractivity contribution in [3.63, 3.8) is 0 Å². The van der Waals surface area contributed by atoms with Gasteiger partial charge in [-0.1, -0.05) is 6.07 Å². The number of thiophene rings is 1. The summed E-state index contributed by atoms with van der Waals surface area (Å²) < 4.78 is 0. The highest BCUT2D eigenvalue weighted by atomic mass is 32.1. The topological polar surface area (TPSA) is 62.3 Å². The summed E-state index contributed by atoms with van der Waals surface area (Å²) in [6, 6.07) is 7.23. The Kier molecular flexibility index (Phi) is 4.71. The average Bonchev–Trinajstić information content (AvgIpc) is 3.19. The van der Waals surface area contributed by atoms with Crippen LogP contribution in [0.25, 0.3) is 0 Å². The fraction of sp³-hybridized carbons (Fsp3) is 0.353. The van der Waals surface area contributed by atoms with Crippen LogP contribution in [0.3, 0.4) is 0 Å². The third-order valence-electron chi connectivity index (χ3n) is 4.10. The second-order valence-electron chi connectivity index (χ2n) is 5.67. The molecule has 6 heteroatoms. The Morgan fingerprint density at radius 1 is 1.43 bits per heavy atom. The lowest BCUT2D eigenvalue weighted by molar-refractivity contribution is -0.136. The molecule has 2 amide bonds. The Morgan fingerprint density at radius 3 is 2.91 bits per heavy atom. The maximum Gasteiger partial charge on any atom is 0.243 e. The number of nitrogens with one attached hydrogen (secondary N) is 1. The number of likely N-dealkylation sites (tertiary alicyclic amines) is 1. The van der Waals surface area contributed by atoms with Crippen molar-refractivity contribution >= 4 is 23.2 Å². The number of carbonyl (C=O) groups is 2. The Morgan fingerprint density at radius 2 is 2.22 bits per heavy atom. The molecule has 120 valence electrons. The van der Waals surface area contributed by atoms with Crippen molar-refractivity contribution < 1.29 is 9.59 Å². The maximum atomic E-state index is 12.6. The standard InChI is InChI=1S/C17H19N3O2S/c1-12(13-6-8-18-9-7-13)19-17(22)15-4-5-16(21)20(15)11-14-3-2-10-23-14/h2-3,6-10,12,15H,4-5,11H2,1H3,(H,19,22). The molecule has 1 fully saturated rings. The summed E-state index contributed by atoms with van der Waals surface area (Å²) in [6.07, 6.45) is 4.44. The quantitative estimate of drug-likeness (QED) is 0.917. The second kappa shape index (κ2) is 6.91. The summed E-state index contributed by atoms with van der Waals surface area (Å²) in [5.41, 5.74) is 1.00. The molecule has 1 N–H and O–H groups in total. The van der Waals surface area contributed by atoms with Crippen molar-refractivity contribution in [1.82, 2.24) is 15.2 Å². The summed E-state index contributed by atoms with van der Waals surface area (Å²) in [6.45, 7) is 2.45. The fourth-order valence-corrected chi connectivity index (χ4v) is 3.52. The van der Waals surface area contributed by atoms with Crippen LogP contribution in [0.2, 0.25) is 0 Å². The summed E-state index contributed by atoms with van der Waals surface area (Å²) in [7, 11) is 0. The predicted molar refractivity (Wildman–Crippen MR) is 88.7 cm³/mol. The van der Waals surface area contributed by atoms with Crippen LogP contribution in [0.15, 0.2) is 42.0 Å². The third-order valence-corrected chi connectivity index (χ3v) is 4.96. The van der Waals surface area contributed by atoms with Crippen LogP contribution in [0.5, 0.6) is 0 Å². The van der Waals surface area contributed by atoms with Crippen molar-refractivity contribution in [2.75, 3.05) is 0 Å². The van der Waals surface area contributed by atoms with Crippen molar-refractivity contribution in [2.24, 2.45) is 0 Å². The number of rotatable bonds is 5. The van der Waals surface area contributed by atoms with Crippen LogP contribution in [0.1, 0.15) is 36.2 Å². The third kappa shape index (κ3) is 3.59. The van der Waals surface area contributed by atoms with Crippen molar-refractivity contribution in [3.05, 3.63) is 52.5 Å². The molecular weight excluding hydrogens is 310 g/mol. The minimum Gasteiger partial charge on any atom is -0.348 e. The van der Waals surface area contributed by atoms with Crippen molar-refractivity contribution in [2.45, 2.75) is 38.4 Å². The Balaban J connectivity index is 1.67. The van der Waals surface area contributed by atoms with Crippen LogP contribution in [0, 0.1) is 0 Å². The van der Waals surface area contributed by atoms with E-state index >= 15 is 0 Å². The molecule has 2 unspecified atom stereocenters. The predicted octanol–water partition coefficient (Wildman–Crippen LogP) is 2.51. The van der Waals surface area contributed by atoms with Gasteiger partial charge in [-0.25, -0.2) is 0 Å². The summed E-state index contributed by atoms with van der Waals surface area (Å²) in [4.78, 5) is 31.5. The van der Waals surface area contributed by atoms with Gasteiger partial charge in [-0.05, 0) is 42.5 Å². The molecule has 0 aliphatic carbocycles. The van der Waals surface area contributed by atoms with Crippen LogP contribution >= 0.6 is 11.3 Å². The number of hydrogen-bond acceptors (Lipinski definition) is 4. The fourth-order valence-electron chi connectivity index (χ4n) is 2.82. The largest absolute Gasteiger partial charge is 0.348 e. The van der Waals surface area contributed by atoms with E-state index in [-0.39, 0.29) is 23.9 Å². The van der Waals surface area contributed by atoms with E-state index in [4.69, 9.17) is 0 Å². The molecule has 1 aliphatic rings. The number of hydrogen-bond donors (Lipinski definition) is 1. The number of aromatic nitrogens is 1.